The third kappa shape index (κ3) is 2.21. The van der Waals surface area contributed by atoms with Crippen molar-refractivity contribution in [1.82, 2.24) is 0 Å². The van der Waals surface area contributed by atoms with Crippen LogP contribution in [0.5, 0.6) is 0 Å². The Bertz CT molecular complexity index is 710. The number of anilines is 1. The third-order valence-electron chi connectivity index (χ3n) is 3.20. The van der Waals surface area contributed by atoms with Crippen LogP contribution in [0.25, 0.3) is 0 Å². The molecule has 2 aromatic carbocycles. The first-order valence-corrected chi connectivity index (χ1v) is 7.55. The normalized spacial score (nSPS) is 19.9. The van der Waals surface area contributed by atoms with Crippen molar-refractivity contribution >= 4 is 15.5 Å². The molecular formula is C14H12FNO2S. The van der Waals surface area contributed by atoms with E-state index in [1.54, 1.807) is 30.3 Å². The molecule has 0 saturated heterocycles. The van der Waals surface area contributed by atoms with E-state index in [2.05, 4.69) is 5.32 Å². The van der Waals surface area contributed by atoms with Gasteiger partial charge in [-0.25, -0.2) is 12.8 Å². The second-order valence-electron chi connectivity index (χ2n) is 4.52. The quantitative estimate of drug-likeness (QED) is 0.918. The monoisotopic (exact) mass is 277 g/mol. The van der Waals surface area contributed by atoms with Crippen LogP contribution in [0.2, 0.25) is 0 Å². The van der Waals surface area contributed by atoms with Crippen molar-refractivity contribution in [1.29, 1.82) is 0 Å². The van der Waals surface area contributed by atoms with Gasteiger partial charge in [0, 0.05) is 5.69 Å². The second kappa shape index (κ2) is 4.35. The summed E-state index contributed by atoms with van der Waals surface area (Å²) in [5.41, 5.74) is 1.48. The predicted molar refractivity (Wildman–Crippen MR) is 71.3 cm³/mol. The van der Waals surface area contributed by atoms with Gasteiger partial charge in [0.2, 0.25) is 0 Å². The smallest absolute Gasteiger partial charge is 0.181 e. The highest BCUT2D eigenvalue weighted by Crippen LogP contribution is 2.35. The van der Waals surface area contributed by atoms with E-state index in [1.165, 1.54) is 12.1 Å². The van der Waals surface area contributed by atoms with Crippen molar-refractivity contribution in [3.8, 4) is 0 Å². The van der Waals surface area contributed by atoms with Crippen LogP contribution in [0.1, 0.15) is 11.6 Å². The van der Waals surface area contributed by atoms with Gasteiger partial charge in [0.1, 0.15) is 5.82 Å². The number of sulfone groups is 1. The molecule has 0 aromatic heterocycles. The van der Waals surface area contributed by atoms with E-state index in [-0.39, 0.29) is 17.6 Å². The van der Waals surface area contributed by atoms with Crippen molar-refractivity contribution in [2.24, 2.45) is 0 Å². The summed E-state index contributed by atoms with van der Waals surface area (Å²) >= 11 is 0. The minimum absolute atomic E-state index is 0.0315. The van der Waals surface area contributed by atoms with Crippen LogP contribution in [0, 0.1) is 5.82 Å². The molecule has 19 heavy (non-hydrogen) atoms. The average molecular weight is 277 g/mol. The summed E-state index contributed by atoms with van der Waals surface area (Å²) in [7, 11) is -3.22. The minimum atomic E-state index is -3.22. The minimum Gasteiger partial charge on any atom is -0.377 e. The maximum atomic E-state index is 12.8. The lowest BCUT2D eigenvalue weighted by molar-refractivity contribution is 0.598. The fraction of sp³-hybridized carbons (Fsp3) is 0.143. The highest BCUT2D eigenvalue weighted by Gasteiger charge is 2.34. The maximum Gasteiger partial charge on any atom is 0.181 e. The summed E-state index contributed by atoms with van der Waals surface area (Å²) in [6.07, 6.45) is 0. The number of rotatable bonds is 2. The molecule has 2 aromatic rings. The predicted octanol–water partition coefficient (Wildman–Crippen LogP) is 2.77. The van der Waals surface area contributed by atoms with Crippen LogP contribution >= 0.6 is 0 Å². The van der Waals surface area contributed by atoms with Gasteiger partial charge in [-0.1, -0.05) is 18.2 Å². The Morgan fingerprint density at radius 1 is 1.05 bits per heavy atom. The van der Waals surface area contributed by atoms with Gasteiger partial charge in [-0.3, -0.25) is 0 Å². The molecule has 1 atom stereocenters. The Hall–Kier alpha value is -1.88. The molecule has 1 N–H and O–H groups in total. The van der Waals surface area contributed by atoms with Crippen molar-refractivity contribution in [2.45, 2.75) is 10.9 Å². The lowest BCUT2D eigenvalue weighted by atomic mass is 10.1. The molecular weight excluding hydrogens is 265 g/mol. The molecule has 0 bridgehead atoms. The molecule has 1 unspecified atom stereocenters. The van der Waals surface area contributed by atoms with E-state index in [0.717, 1.165) is 5.56 Å². The van der Waals surface area contributed by atoms with Crippen LogP contribution in [-0.4, -0.2) is 14.2 Å². The molecule has 98 valence electrons. The zero-order valence-corrected chi connectivity index (χ0v) is 10.8. The number of hydrogen-bond acceptors (Lipinski definition) is 3. The number of hydrogen-bond donors (Lipinski definition) is 1. The van der Waals surface area contributed by atoms with Crippen LogP contribution < -0.4 is 5.32 Å². The number of nitrogens with one attached hydrogen (secondary N) is 1. The molecule has 0 aliphatic carbocycles. The Labute approximate surface area is 111 Å². The topological polar surface area (TPSA) is 46.2 Å². The van der Waals surface area contributed by atoms with E-state index >= 15 is 0 Å². The third-order valence-corrected chi connectivity index (χ3v) is 5.01. The van der Waals surface area contributed by atoms with Crippen LogP contribution in [0.3, 0.4) is 0 Å². The summed E-state index contributed by atoms with van der Waals surface area (Å²) in [6, 6.07) is 12.6. The second-order valence-corrected chi connectivity index (χ2v) is 6.53. The molecule has 0 radical (unpaired) electrons. The zero-order chi connectivity index (χ0) is 13.5. The van der Waals surface area contributed by atoms with Gasteiger partial charge in [0.25, 0.3) is 0 Å². The van der Waals surface area contributed by atoms with Gasteiger partial charge < -0.3 is 5.32 Å². The van der Waals surface area contributed by atoms with Gasteiger partial charge in [-0.05, 0) is 35.9 Å². The summed E-state index contributed by atoms with van der Waals surface area (Å²) in [6.45, 7) is 0. The largest absolute Gasteiger partial charge is 0.377 e. The summed E-state index contributed by atoms with van der Waals surface area (Å²) < 4.78 is 36.9. The van der Waals surface area contributed by atoms with Crippen molar-refractivity contribution in [2.75, 3.05) is 11.1 Å². The van der Waals surface area contributed by atoms with Crippen molar-refractivity contribution in [3.05, 3.63) is 59.9 Å². The molecule has 0 saturated carbocycles. The SMILES string of the molecule is O=S1(=O)CC(Nc2ccc(F)cc2)c2ccccc21. The summed E-state index contributed by atoms with van der Waals surface area (Å²) in [4.78, 5) is 0.384. The average Bonchev–Trinajstić information content (AvgIpc) is 2.65. The van der Waals surface area contributed by atoms with E-state index in [1.807, 2.05) is 6.07 Å². The highest BCUT2D eigenvalue weighted by atomic mass is 32.2. The van der Waals surface area contributed by atoms with Crippen LogP contribution in [0.4, 0.5) is 10.1 Å². The molecule has 3 nitrogen and oxygen atoms in total. The molecule has 3 rings (SSSR count). The molecule has 0 fully saturated rings. The Balaban J connectivity index is 1.94. The molecule has 1 aliphatic rings. The summed E-state index contributed by atoms with van der Waals surface area (Å²) in [5, 5.41) is 3.13. The molecule has 1 aliphatic heterocycles. The number of fused-ring (bicyclic) bond motifs is 1. The van der Waals surface area contributed by atoms with Gasteiger partial charge in [0.05, 0.1) is 16.7 Å². The molecule has 5 heteroatoms. The van der Waals surface area contributed by atoms with Crippen LogP contribution in [-0.2, 0) is 9.84 Å². The fourth-order valence-electron chi connectivity index (χ4n) is 2.32. The number of halogens is 1. The van der Waals surface area contributed by atoms with Crippen molar-refractivity contribution < 1.29 is 12.8 Å². The van der Waals surface area contributed by atoms with Gasteiger partial charge >= 0.3 is 0 Å². The molecule has 0 amide bonds. The van der Waals surface area contributed by atoms with Crippen LogP contribution in [0.15, 0.2) is 53.4 Å². The lowest BCUT2D eigenvalue weighted by Crippen LogP contribution is -2.12. The number of benzene rings is 2. The van der Waals surface area contributed by atoms with Gasteiger partial charge in [-0.2, -0.15) is 0 Å². The Morgan fingerprint density at radius 2 is 1.74 bits per heavy atom. The first-order chi connectivity index (χ1) is 9.06. The highest BCUT2D eigenvalue weighted by molar-refractivity contribution is 7.91. The fourth-order valence-corrected chi connectivity index (χ4v) is 4.05. The zero-order valence-electron chi connectivity index (χ0n) is 10.0. The van der Waals surface area contributed by atoms with E-state index < -0.39 is 9.84 Å². The van der Waals surface area contributed by atoms with Gasteiger partial charge in [-0.15, -0.1) is 0 Å². The molecule has 0 spiro atoms. The Kier molecular flexibility index (Phi) is 2.78. The van der Waals surface area contributed by atoms with Crippen molar-refractivity contribution in [3.63, 3.8) is 0 Å². The first-order valence-electron chi connectivity index (χ1n) is 5.90. The summed E-state index contributed by atoms with van der Waals surface area (Å²) in [5.74, 6) is -0.283. The van der Waals surface area contributed by atoms with Gasteiger partial charge in [0.15, 0.2) is 9.84 Å². The first kappa shape index (κ1) is 12.2. The molecule has 1 heterocycles. The maximum absolute atomic E-state index is 12.8. The van der Waals surface area contributed by atoms with E-state index in [0.29, 0.717) is 10.6 Å². The Morgan fingerprint density at radius 3 is 2.47 bits per heavy atom. The van der Waals surface area contributed by atoms with E-state index in [4.69, 9.17) is 0 Å². The standard InChI is InChI=1S/C14H12FNO2S/c15-10-5-7-11(8-6-10)16-13-9-19(17,18)14-4-2-1-3-12(13)14/h1-8,13,16H,9H2. The van der Waals surface area contributed by atoms with E-state index in [9.17, 15) is 12.8 Å². The lowest BCUT2D eigenvalue weighted by Gasteiger charge is -2.13.